The molecule has 1 heterocycles. The average molecular weight is 428 g/mol. The molecule has 0 atom stereocenters. The fourth-order valence-corrected chi connectivity index (χ4v) is 3.71. The maximum absolute atomic E-state index is 11.2. The second kappa shape index (κ2) is 11.2. The summed E-state index contributed by atoms with van der Waals surface area (Å²) in [6.07, 6.45) is 4.68. The van der Waals surface area contributed by atoms with Gasteiger partial charge >= 0.3 is 0 Å². The maximum Gasteiger partial charge on any atom is 0.159 e. The number of ether oxygens (including phenoxy) is 2. The monoisotopic (exact) mass is 427 g/mol. The van der Waals surface area contributed by atoms with Gasteiger partial charge < -0.3 is 19.0 Å². The third kappa shape index (κ3) is 7.30. The zero-order valence-electron chi connectivity index (χ0n) is 20.0. The Balaban J connectivity index is 2.26. The highest BCUT2D eigenvalue weighted by Gasteiger charge is 2.28. The number of nitrogens with zero attached hydrogens (tertiary/aromatic N) is 1. The Labute approximate surface area is 187 Å². The molecule has 5 nitrogen and oxygen atoms in total. The van der Waals surface area contributed by atoms with E-state index in [4.69, 9.17) is 13.9 Å². The summed E-state index contributed by atoms with van der Waals surface area (Å²) in [6, 6.07) is 9.75. The zero-order valence-corrected chi connectivity index (χ0v) is 20.0. The van der Waals surface area contributed by atoms with E-state index in [2.05, 4.69) is 11.8 Å². The lowest BCUT2D eigenvalue weighted by Crippen LogP contribution is -2.23. The van der Waals surface area contributed by atoms with Gasteiger partial charge in [0, 0.05) is 12.6 Å². The van der Waals surface area contributed by atoms with Gasteiger partial charge in [-0.2, -0.15) is 0 Å². The Bertz CT molecular complexity index is 862. The number of methoxy groups -OCH3 is 2. The van der Waals surface area contributed by atoms with Crippen LogP contribution in [0.3, 0.4) is 0 Å². The number of hydrogen-bond acceptors (Lipinski definition) is 5. The summed E-state index contributed by atoms with van der Waals surface area (Å²) in [5, 5.41) is 11.2. The van der Waals surface area contributed by atoms with E-state index in [-0.39, 0.29) is 0 Å². The van der Waals surface area contributed by atoms with Gasteiger partial charge in [-0.25, -0.2) is 0 Å². The normalized spacial score (nSPS) is 11.4. The Morgan fingerprint density at radius 2 is 1.55 bits per heavy atom. The molecule has 0 saturated heterocycles. The standard InChI is InChI=1S/C26H37NO4/c1-8-11-27(17-21-12-23(29-6)14-24(13-21)30-7)18-22-9-10-25(31-22)26(28,15-19(2)3)16-20(4)5/h9-10,12-16,28H,8,11,17-18H2,1-7H3. The minimum Gasteiger partial charge on any atom is -0.497 e. The molecular formula is C26H37NO4. The predicted octanol–water partition coefficient (Wildman–Crippen LogP) is 5.83. The van der Waals surface area contributed by atoms with E-state index in [0.29, 0.717) is 12.3 Å². The fraction of sp³-hybridized carbons (Fsp3) is 0.462. The summed E-state index contributed by atoms with van der Waals surface area (Å²) in [7, 11) is 3.32. The minimum atomic E-state index is -1.24. The molecule has 0 fully saturated rings. The molecular weight excluding hydrogens is 390 g/mol. The molecule has 0 unspecified atom stereocenters. The Morgan fingerprint density at radius 1 is 0.968 bits per heavy atom. The third-order valence-electron chi connectivity index (χ3n) is 4.81. The van der Waals surface area contributed by atoms with Crippen molar-refractivity contribution in [2.24, 2.45) is 0 Å². The molecule has 5 heteroatoms. The van der Waals surface area contributed by atoms with Crippen LogP contribution in [0.1, 0.15) is 58.1 Å². The van der Waals surface area contributed by atoms with Crippen molar-refractivity contribution in [1.29, 1.82) is 0 Å². The van der Waals surface area contributed by atoms with Crippen LogP contribution in [0.25, 0.3) is 0 Å². The van der Waals surface area contributed by atoms with Gasteiger partial charge in [-0.05, 0) is 82.6 Å². The van der Waals surface area contributed by atoms with Gasteiger partial charge in [0.05, 0.1) is 20.8 Å². The quantitative estimate of drug-likeness (QED) is 0.457. The highest BCUT2D eigenvalue weighted by molar-refractivity contribution is 5.38. The summed E-state index contributed by atoms with van der Waals surface area (Å²) >= 11 is 0. The number of furan rings is 1. The second-order valence-electron chi connectivity index (χ2n) is 8.47. The van der Waals surface area contributed by atoms with E-state index in [1.54, 1.807) is 14.2 Å². The number of allylic oxidation sites excluding steroid dienone is 2. The lowest BCUT2D eigenvalue weighted by molar-refractivity contribution is 0.109. The fourth-order valence-electron chi connectivity index (χ4n) is 3.71. The smallest absolute Gasteiger partial charge is 0.159 e. The molecule has 0 aliphatic rings. The van der Waals surface area contributed by atoms with Crippen molar-refractivity contribution in [3.8, 4) is 11.5 Å². The van der Waals surface area contributed by atoms with E-state index in [0.717, 1.165) is 53.5 Å². The first kappa shape index (κ1) is 24.8. The third-order valence-corrected chi connectivity index (χ3v) is 4.81. The SMILES string of the molecule is CCCN(Cc1cc(OC)cc(OC)c1)Cc1ccc(C(O)(C=C(C)C)C=C(C)C)o1. The van der Waals surface area contributed by atoms with Crippen molar-refractivity contribution < 1.29 is 19.0 Å². The summed E-state index contributed by atoms with van der Waals surface area (Å²) in [5.74, 6) is 2.91. The number of benzene rings is 1. The molecule has 0 bridgehead atoms. The van der Waals surface area contributed by atoms with E-state index < -0.39 is 5.60 Å². The van der Waals surface area contributed by atoms with Crippen molar-refractivity contribution in [3.05, 3.63) is 70.7 Å². The van der Waals surface area contributed by atoms with Crippen LogP contribution in [0.4, 0.5) is 0 Å². The molecule has 31 heavy (non-hydrogen) atoms. The van der Waals surface area contributed by atoms with E-state index in [1.807, 2.05) is 70.2 Å². The molecule has 0 aliphatic carbocycles. The van der Waals surface area contributed by atoms with Gasteiger partial charge in [0.2, 0.25) is 0 Å². The van der Waals surface area contributed by atoms with Gasteiger partial charge in [0.15, 0.2) is 5.60 Å². The molecule has 0 amide bonds. The molecule has 2 rings (SSSR count). The van der Waals surface area contributed by atoms with Crippen LogP contribution in [-0.4, -0.2) is 30.8 Å². The van der Waals surface area contributed by atoms with Crippen LogP contribution in [-0.2, 0) is 18.7 Å². The summed E-state index contributed by atoms with van der Waals surface area (Å²) in [5.41, 5.74) is 1.92. The van der Waals surface area contributed by atoms with Crippen molar-refractivity contribution >= 4 is 0 Å². The highest BCUT2D eigenvalue weighted by Crippen LogP contribution is 2.30. The first-order valence-corrected chi connectivity index (χ1v) is 10.8. The Kier molecular flexibility index (Phi) is 8.96. The molecule has 0 aliphatic heterocycles. The summed E-state index contributed by atoms with van der Waals surface area (Å²) in [6.45, 7) is 12.4. The molecule has 2 aromatic rings. The largest absolute Gasteiger partial charge is 0.497 e. The van der Waals surface area contributed by atoms with Gasteiger partial charge in [-0.15, -0.1) is 0 Å². The lowest BCUT2D eigenvalue weighted by Gasteiger charge is -2.22. The molecule has 1 aromatic heterocycles. The van der Waals surface area contributed by atoms with E-state index in [1.165, 1.54) is 0 Å². The van der Waals surface area contributed by atoms with Crippen molar-refractivity contribution in [2.75, 3.05) is 20.8 Å². The molecule has 0 saturated carbocycles. The number of rotatable bonds is 11. The number of hydrogen-bond donors (Lipinski definition) is 1. The number of aliphatic hydroxyl groups is 1. The van der Waals surface area contributed by atoms with Gasteiger partial charge in [-0.3, -0.25) is 4.90 Å². The first-order chi connectivity index (χ1) is 14.7. The minimum absolute atomic E-state index is 0.532. The topological polar surface area (TPSA) is 55.1 Å². The molecule has 0 radical (unpaired) electrons. The maximum atomic E-state index is 11.2. The van der Waals surface area contributed by atoms with Crippen LogP contribution in [0.5, 0.6) is 11.5 Å². The van der Waals surface area contributed by atoms with Crippen molar-refractivity contribution in [1.82, 2.24) is 4.90 Å². The molecule has 170 valence electrons. The van der Waals surface area contributed by atoms with Crippen LogP contribution in [0.2, 0.25) is 0 Å². The van der Waals surface area contributed by atoms with Gasteiger partial charge in [0.1, 0.15) is 23.0 Å². The van der Waals surface area contributed by atoms with Crippen molar-refractivity contribution in [2.45, 2.75) is 59.7 Å². The first-order valence-electron chi connectivity index (χ1n) is 10.8. The second-order valence-corrected chi connectivity index (χ2v) is 8.47. The van der Waals surface area contributed by atoms with E-state index in [9.17, 15) is 5.11 Å². The van der Waals surface area contributed by atoms with Crippen LogP contribution in [0.15, 0.2) is 58.0 Å². The molecule has 1 aromatic carbocycles. The lowest BCUT2D eigenvalue weighted by atomic mass is 9.95. The summed E-state index contributed by atoms with van der Waals surface area (Å²) in [4.78, 5) is 2.32. The average Bonchev–Trinajstić information content (AvgIpc) is 3.16. The molecule has 1 N–H and O–H groups in total. The van der Waals surface area contributed by atoms with Gasteiger partial charge in [-0.1, -0.05) is 18.1 Å². The Hall–Kier alpha value is -2.50. The van der Waals surface area contributed by atoms with Crippen LogP contribution >= 0.6 is 0 Å². The van der Waals surface area contributed by atoms with E-state index >= 15 is 0 Å². The highest BCUT2D eigenvalue weighted by atomic mass is 16.5. The zero-order chi connectivity index (χ0) is 23.0. The van der Waals surface area contributed by atoms with Crippen LogP contribution in [0, 0.1) is 0 Å². The summed E-state index contributed by atoms with van der Waals surface area (Å²) < 4.78 is 16.9. The molecule has 0 spiro atoms. The Morgan fingerprint density at radius 3 is 2.03 bits per heavy atom. The van der Waals surface area contributed by atoms with Crippen LogP contribution < -0.4 is 9.47 Å². The van der Waals surface area contributed by atoms with Crippen molar-refractivity contribution in [3.63, 3.8) is 0 Å². The predicted molar refractivity (Wildman–Crippen MR) is 125 cm³/mol. The van der Waals surface area contributed by atoms with Gasteiger partial charge in [0.25, 0.3) is 0 Å².